The molecule has 0 aliphatic heterocycles. The van der Waals surface area contributed by atoms with Gasteiger partial charge in [-0.1, -0.05) is 27.7 Å². The number of rotatable bonds is 4. The molecular formula is C9H19NO2. The number of carboxylic acid groups (broad SMARTS) is 1. The van der Waals surface area contributed by atoms with Gasteiger partial charge in [0.2, 0.25) is 0 Å². The Morgan fingerprint density at radius 2 is 1.92 bits per heavy atom. The molecule has 0 bridgehead atoms. The zero-order valence-electron chi connectivity index (χ0n) is 8.42. The zero-order valence-corrected chi connectivity index (χ0v) is 8.42. The number of carboxylic acids is 1. The largest absolute Gasteiger partial charge is 0.480 e. The second kappa shape index (κ2) is 4.45. The first-order chi connectivity index (χ1) is 5.35. The van der Waals surface area contributed by atoms with Crippen LogP contribution < -0.4 is 0 Å². The fraction of sp³-hybridized carbons (Fsp3) is 0.889. The van der Waals surface area contributed by atoms with Crippen LogP contribution in [0, 0.1) is 5.41 Å². The van der Waals surface area contributed by atoms with Gasteiger partial charge < -0.3 is 5.11 Å². The van der Waals surface area contributed by atoms with Crippen LogP contribution in [0.5, 0.6) is 0 Å². The lowest BCUT2D eigenvalue weighted by Gasteiger charge is -2.27. The first kappa shape index (κ1) is 11.4. The van der Waals surface area contributed by atoms with Crippen molar-refractivity contribution in [3.8, 4) is 0 Å². The molecule has 0 aromatic heterocycles. The van der Waals surface area contributed by atoms with Gasteiger partial charge in [0.25, 0.3) is 0 Å². The number of hydrogen-bond donors (Lipinski definition) is 1. The summed E-state index contributed by atoms with van der Waals surface area (Å²) in [6.07, 6.45) is 0. The van der Waals surface area contributed by atoms with Gasteiger partial charge in [-0.25, -0.2) is 0 Å². The van der Waals surface area contributed by atoms with Gasteiger partial charge in [0.15, 0.2) is 0 Å². The quantitative estimate of drug-likeness (QED) is 0.699. The average molecular weight is 173 g/mol. The van der Waals surface area contributed by atoms with Gasteiger partial charge in [-0.2, -0.15) is 0 Å². The Bertz CT molecular complexity index is 149. The van der Waals surface area contributed by atoms with E-state index in [2.05, 4.69) is 20.8 Å². The van der Waals surface area contributed by atoms with E-state index in [1.165, 1.54) is 0 Å². The van der Waals surface area contributed by atoms with Gasteiger partial charge in [0, 0.05) is 6.54 Å². The Morgan fingerprint density at radius 3 is 2.17 bits per heavy atom. The van der Waals surface area contributed by atoms with Crippen molar-refractivity contribution >= 4 is 5.97 Å². The molecule has 0 rings (SSSR count). The molecule has 0 spiro atoms. The van der Waals surface area contributed by atoms with Crippen molar-refractivity contribution in [2.75, 3.05) is 19.6 Å². The van der Waals surface area contributed by atoms with Crippen LogP contribution in [0.15, 0.2) is 0 Å². The Morgan fingerprint density at radius 1 is 1.42 bits per heavy atom. The summed E-state index contributed by atoms with van der Waals surface area (Å²) in [5, 5.41) is 8.57. The first-order valence-corrected chi connectivity index (χ1v) is 4.29. The maximum Gasteiger partial charge on any atom is 0.317 e. The minimum absolute atomic E-state index is 0.147. The summed E-state index contributed by atoms with van der Waals surface area (Å²) in [5.41, 5.74) is 0.172. The average Bonchev–Trinajstić information content (AvgIpc) is 1.82. The maximum atomic E-state index is 10.4. The van der Waals surface area contributed by atoms with E-state index in [-0.39, 0.29) is 12.0 Å². The summed E-state index contributed by atoms with van der Waals surface area (Å²) in [6.45, 7) is 10.1. The third-order valence-electron chi connectivity index (χ3n) is 1.50. The van der Waals surface area contributed by atoms with Crippen molar-refractivity contribution < 1.29 is 9.90 Å². The highest BCUT2D eigenvalue weighted by atomic mass is 16.4. The van der Waals surface area contributed by atoms with E-state index in [1.807, 2.05) is 11.8 Å². The first-order valence-electron chi connectivity index (χ1n) is 4.29. The smallest absolute Gasteiger partial charge is 0.317 e. The van der Waals surface area contributed by atoms with Crippen LogP contribution in [0.25, 0.3) is 0 Å². The van der Waals surface area contributed by atoms with Crippen LogP contribution in [0.3, 0.4) is 0 Å². The van der Waals surface area contributed by atoms with E-state index in [1.54, 1.807) is 0 Å². The molecule has 0 unspecified atom stereocenters. The summed E-state index contributed by atoms with van der Waals surface area (Å²) >= 11 is 0. The van der Waals surface area contributed by atoms with Crippen molar-refractivity contribution in [1.82, 2.24) is 4.90 Å². The molecule has 0 radical (unpaired) electrons. The molecule has 3 heteroatoms. The summed E-state index contributed by atoms with van der Waals surface area (Å²) in [5.74, 6) is -0.749. The van der Waals surface area contributed by atoms with Crippen LogP contribution in [-0.4, -0.2) is 35.6 Å². The van der Waals surface area contributed by atoms with E-state index in [4.69, 9.17) is 5.11 Å². The maximum absolute atomic E-state index is 10.4. The van der Waals surface area contributed by atoms with Crippen LogP contribution >= 0.6 is 0 Å². The molecule has 1 N–H and O–H groups in total. The molecule has 72 valence electrons. The standard InChI is InChI=1S/C9H19NO2/c1-5-10(6-8(11)12)7-9(2,3)4/h5-7H2,1-4H3,(H,11,12). The van der Waals surface area contributed by atoms with Crippen molar-refractivity contribution in [2.24, 2.45) is 5.41 Å². The summed E-state index contributed by atoms with van der Waals surface area (Å²) in [6, 6.07) is 0. The topological polar surface area (TPSA) is 40.5 Å². The van der Waals surface area contributed by atoms with Gasteiger partial charge >= 0.3 is 5.97 Å². The van der Waals surface area contributed by atoms with E-state index in [0.29, 0.717) is 0 Å². The van der Waals surface area contributed by atoms with Crippen molar-refractivity contribution in [3.63, 3.8) is 0 Å². The van der Waals surface area contributed by atoms with Crippen LogP contribution in [-0.2, 0) is 4.79 Å². The van der Waals surface area contributed by atoms with Gasteiger partial charge in [-0.3, -0.25) is 9.69 Å². The number of likely N-dealkylation sites (N-methyl/N-ethyl adjacent to an activating group) is 1. The molecule has 0 aliphatic rings. The minimum Gasteiger partial charge on any atom is -0.480 e. The lowest BCUT2D eigenvalue weighted by Crippen LogP contribution is -2.36. The lowest BCUT2D eigenvalue weighted by atomic mass is 9.96. The number of carbonyl (C=O) groups is 1. The minimum atomic E-state index is -0.749. The van der Waals surface area contributed by atoms with Crippen LogP contribution in [0.2, 0.25) is 0 Å². The van der Waals surface area contributed by atoms with Gasteiger partial charge in [0.05, 0.1) is 6.54 Å². The molecule has 12 heavy (non-hydrogen) atoms. The highest BCUT2D eigenvalue weighted by Gasteiger charge is 2.16. The van der Waals surface area contributed by atoms with Gasteiger partial charge in [0.1, 0.15) is 0 Å². The highest BCUT2D eigenvalue weighted by molar-refractivity contribution is 5.69. The number of nitrogens with zero attached hydrogens (tertiary/aromatic N) is 1. The van der Waals surface area contributed by atoms with Gasteiger partial charge in [-0.05, 0) is 12.0 Å². The van der Waals surface area contributed by atoms with E-state index in [0.717, 1.165) is 13.1 Å². The van der Waals surface area contributed by atoms with E-state index in [9.17, 15) is 4.79 Å². The molecule has 0 aliphatic carbocycles. The van der Waals surface area contributed by atoms with Crippen molar-refractivity contribution in [2.45, 2.75) is 27.7 Å². The molecular weight excluding hydrogens is 154 g/mol. The second-order valence-corrected chi connectivity index (χ2v) is 4.26. The van der Waals surface area contributed by atoms with Crippen LogP contribution in [0.1, 0.15) is 27.7 Å². The third kappa shape index (κ3) is 6.16. The molecule has 3 nitrogen and oxygen atoms in total. The molecule has 0 heterocycles. The Labute approximate surface area is 74.4 Å². The fourth-order valence-electron chi connectivity index (χ4n) is 1.14. The Kier molecular flexibility index (Phi) is 4.24. The highest BCUT2D eigenvalue weighted by Crippen LogP contribution is 2.14. The molecule has 0 aromatic rings. The Hall–Kier alpha value is -0.570. The summed E-state index contributed by atoms with van der Waals surface area (Å²) in [7, 11) is 0. The third-order valence-corrected chi connectivity index (χ3v) is 1.50. The zero-order chi connectivity index (χ0) is 9.78. The molecule has 0 saturated heterocycles. The molecule has 0 amide bonds. The number of hydrogen-bond acceptors (Lipinski definition) is 2. The van der Waals surface area contributed by atoms with Crippen molar-refractivity contribution in [3.05, 3.63) is 0 Å². The lowest BCUT2D eigenvalue weighted by molar-refractivity contribution is -0.138. The SMILES string of the molecule is CCN(CC(=O)O)CC(C)(C)C. The molecule has 0 aromatic carbocycles. The summed E-state index contributed by atoms with van der Waals surface area (Å²) in [4.78, 5) is 12.3. The second-order valence-electron chi connectivity index (χ2n) is 4.26. The van der Waals surface area contributed by atoms with E-state index < -0.39 is 5.97 Å². The summed E-state index contributed by atoms with van der Waals surface area (Å²) < 4.78 is 0. The normalized spacial score (nSPS) is 12.1. The monoisotopic (exact) mass is 173 g/mol. The van der Waals surface area contributed by atoms with E-state index >= 15 is 0 Å². The number of aliphatic carboxylic acids is 1. The molecule has 0 fully saturated rings. The van der Waals surface area contributed by atoms with Crippen molar-refractivity contribution in [1.29, 1.82) is 0 Å². The predicted molar refractivity (Wildman–Crippen MR) is 49.2 cm³/mol. The fourth-order valence-corrected chi connectivity index (χ4v) is 1.14. The molecule has 0 atom stereocenters. The van der Waals surface area contributed by atoms with Crippen LogP contribution in [0.4, 0.5) is 0 Å². The predicted octanol–water partition coefficient (Wildman–Crippen LogP) is 1.44. The Balaban J connectivity index is 3.92. The van der Waals surface area contributed by atoms with Gasteiger partial charge in [-0.15, -0.1) is 0 Å². The molecule has 0 saturated carbocycles.